The van der Waals surface area contributed by atoms with E-state index in [2.05, 4.69) is 10.3 Å². The minimum atomic E-state index is -0.620. The van der Waals surface area contributed by atoms with E-state index in [0.717, 1.165) is 11.0 Å². The first-order valence-corrected chi connectivity index (χ1v) is 8.52. The van der Waals surface area contributed by atoms with E-state index >= 15 is 0 Å². The second-order valence-electron chi connectivity index (χ2n) is 6.34. The number of furan rings is 1. The fourth-order valence-corrected chi connectivity index (χ4v) is 3.12. The fraction of sp³-hybridized carbons (Fsp3) is 0.150. The third kappa shape index (κ3) is 3.15. The maximum atomic E-state index is 12.5. The van der Waals surface area contributed by atoms with Crippen LogP contribution in [-0.4, -0.2) is 15.5 Å². The highest BCUT2D eigenvalue weighted by atomic mass is 16.3. The highest BCUT2D eigenvalue weighted by molar-refractivity contribution is 5.82. The molecule has 27 heavy (non-hydrogen) atoms. The molecule has 136 valence electrons. The second kappa shape index (κ2) is 6.60. The van der Waals surface area contributed by atoms with E-state index in [1.54, 1.807) is 24.3 Å². The van der Waals surface area contributed by atoms with Crippen molar-refractivity contribution in [3.63, 3.8) is 0 Å². The van der Waals surface area contributed by atoms with Crippen LogP contribution >= 0.6 is 0 Å². The van der Waals surface area contributed by atoms with Crippen LogP contribution in [0.3, 0.4) is 0 Å². The van der Waals surface area contributed by atoms with Gasteiger partial charge in [-0.1, -0.05) is 30.3 Å². The van der Waals surface area contributed by atoms with Gasteiger partial charge in [0, 0.05) is 5.39 Å². The van der Waals surface area contributed by atoms with Gasteiger partial charge in [0.05, 0.1) is 16.9 Å². The molecule has 4 aromatic rings. The molecule has 0 saturated heterocycles. The summed E-state index contributed by atoms with van der Waals surface area (Å²) in [5.74, 6) is 0.269. The molecule has 2 aromatic heterocycles. The molecule has 2 aromatic carbocycles. The van der Waals surface area contributed by atoms with Gasteiger partial charge in [-0.3, -0.25) is 19.1 Å². The molecule has 4 rings (SSSR count). The van der Waals surface area contributed by atoms with E-state index in [-0.39, 0.29) is 18.5 Å². The number of nitrogens with one attached hydrogen (secondary N) is 2. The summed E-state index contributed by atoms with van der Waals surface area (Å²) in [6.07, 6.45) is 0. The second-order valence-corrected chi connectivity index (χ2v) is 6.34. The number of H-pyrrole nitrogens is 1. The molecule has 0 bridgehead atoms. The molecule has 2 heterocycles. The van der Waals surface area contributed by atoms with Gasteiger partial charge in [-0.15, -0.1) is 0 Å². The Morgan fingerprint density at radius 3 is 2.70 bits per heavy atom. The van der Waals surface area contributed by atoms with Crippen LogP contribution in [0.15, 0.2) is 68.6 Å². The first-order chi connectivity index (χ1) is 13.0. The normalized spacial score (nSPS) is 12.3. The number of para-hydroxylation sites is 2. The van der Waals surface area contributed by atoms with Crippen LogP contribution in [0.25, 0.3) is 21.9 Å². The summed E-state index contributed by atoms with van der Waals surface area (Å²) in [5.41, 5.74) is 0.0716. The van der Waals surface area contributed by atoms with E-state index in [0.29, 0.717) is 16.7 Å². The van der Waals surface area contributed by atoms with Crippen LogP contribution in [0.1, 0.15) is 18.7 Å². The Hall–Kier alpha value is -3.61. The van der Waals surface area contributed by atoms with Gasteiger partial charge in [0.15, 0.2) is 0 Å². The van der Waals surface area contributed by atoms with Crippen molar-refractivity contribution in [3.05, 3.63) is 81.2 Å². The van der Waals surface area contributed by atoms with Gasteiger partial charge < -0.3 is 9.73 Å². The van der Waals surface area contributed by atoms with E-state index in [1.165, 1.54) is 4.57 Å². The lowest BCUT2D eigenvalue weighted by Gasteiger charge is -2.13. The zero-order valence-electron chi connectivity index (χ0n) is 14.6. The minimum absolute atomic E-state index is 0.208. The Bertz CT molecular complexity index is 1230. The summed E-state index contributed by atoms with van der Waals surface area (Å²) in [6, 6.07) is 15.8. The first kappa shape index (κ1) is 16.8. The van der Waals surface area contributed by atoms with Crippen LogP contribution in [0.2, 0.25) is 0 Å². The molecule has 1 amide bonds. The minimum Gasteiger partial charge on any atom is -0.459 e. The number of hydrogen-bond donors (Lipinski definition) is 2. The van der Waals surface area contributed by atoms with Crippen LogP contribution in [0, 0.1) is 0 Å². The number of benzene rings is 2. The lowest BCUT2D eigenvalue weighted by molar-refractivity contribution is -0.122. The van der Waals surface area contributed by atoms with Crippen molar-refractivity contribution in [2.24, 2.45) is 0 Å². The number of aromatic nitrogens is 2. The molecule has 0 unspecified atom stereocenters. The molecule has 1 atom stereocenters. The highest BCUT2D eigenvalue weighted by Crippen LogP contribution is 2.23. The zero-order chi connectivity index (χ0) is 19.0. The summed E-state index contributed by atoms with van der Waals surface area (Å²) in [4.78, 5) is 38.8. The van der Waals surface area contributed by atoms with E-state index in [9.17, 15) is 14.4 Å². The molecule has 0 aliphatic heterocycles. The Morgan fingerprint density at radius 1 is 1.15 bits per heavy atom. The number of hydrogen-bond acceptors (Lipinski definition) is 4. The number of carbonyl (C=O) groups is 1. The predicted octanol–water partition coefficient (Wildman–Crippen LogP) is 2.31. The van der Waals surface area contributed by atoms with Crippen LogP contribution < -0.4 is 16.6 Å². The van der Waals surface area contributed by atoms with Gasteiger partial charge in [0.25, 0.3) is 5.56 Å². The Balaban J connectivity index is 1.58. The molecule has 0 aliphatic rings. The van der Waals surface area contributed by atoms with Crippen molar-refractivity contribution in [3.8, 4) is 0 Å². The zero-order valence-corrected chi connectivity index (χ0v) is 14.6. The Morgan fingerprint density at radius 2 is 1.89 bits per heavy atom. The number of nitrogens with zero attached hydrogens (tertiary/aromatic N) is 1. The first-order valence-electron chi connectivity index (χ1n) is 8.52. The lowest BCUT2D eigenvalue weighted by Crippen LogP contribution is -2.37. The van der Waals surface area contributed by atoms with Crippen molar-refractivity contribution in [1.29, 1.82) is 0 Å². The fourth-order valence-electron chi connectivity index (χ4n) is 3.12. The number of amides is 1. The van der Waals surface area contributed by atoms with Gasteiger partial charge in [-0.05, 0) is 31.2 Å². The molecule has 7 heteroatoms. The smallest absolute Gasteiger partial charge is 0.329 e. The Kier molecular flexibility index (Phi) is 4.12. The molecule has 0 saturated carbocycles. The number of fused-ring (bicyclic) bond motifs is 2. The maximum absolute atomic E-state index is 12.5. The van der Waals surface area contributed by atoms with Crippen LogP contribution in [0.5, 0.6) is 0 Å². The molecular formula is C20H17N3O4. The van der Waals surface area contributed by atoms with Gasteiger partial charge >= 0.3 is 5.69 Å². The standard InChI is InChI=1S/C20H17N3O4/c1-12(17-10-13-6-2-5-9-16(13)27-17)21-18(24)11-23-15-8-4-3-7-14(15)19(25)22-20(23)26/h2-10,12H,11H2,1H3,(H,21,24)(H,22,25,26)/t12-/m0/s1. The van der Waals surface area contributed by atoms with E-state index < -0.39 is 11.2 Å². The highest BCUT2D eigenvalue weighted by Gasteiger charge is 2.16. The average Bonchev–Trinajstić information content (AvgIpc) is 3.09. The predicted molar refractivity (Wildman–Crippen MR) is 102 cm³/mol. The average molecular weight is 363 g/mol. The summed E-state index contributed by atoms with van der Waals surface area (Å²) in [7, 11) is 0. The summed E-state index contributed by atoms with van der Waals surface area (Å²) >= 11 is 0. The lowest BCUT2D eigenvalue weighted by atomic mass is 10.2. The third-order valence-electron chi connectivity index (χ3n) is 4.46. The summed E-state index contributed by atoms with van der Waals surface area (Å²) < 4.78 is 7.01. The molecule has 0 spiro atoms. The molecule has 0 radical (unpaired) electrons. The van der Waals surface area contributed by atoms with Crippen molar-refractivity contribution in [2.75, 3.05) is 0 Å². The molecule has 2 N–H and O–H groups in total. The van der Waals surface area contributed by atoms with E-state index in [4.69, 9.17) is 4.42 Å². The number of aromatic amines is 1. The molecule has 0 fully saturated rings. The molecular weight excluding hydrogens is 346 g/mol. The molecule has 0 aliphatic carbocycles. The van der Waals surface area contributed by atoms with Crippen LogP contribution in [0.4, 0.5) is 0 Å². The van der Waals surface area contributed by atoms with Crippen molar-refractivity contribution >= 4 is 27.8 Å². The molecule has 7 nitrogen and oxygen atoms in total. The third-order valence-corrected chi connectivity index (χ3v) is 4.46. The Labute approximate surface area is 153 Å². The summed E-state index contributed by atoms with van der Waals surface area (Å²) in [6.45, 7) is 1.60. The van der Waals surface area contributed by atoms with Crippen molar-refractivity contribution < 1.29 is 9.21 Å². The van der Waals surface area contributed by atoms with Crippen LogP contribution in [-0.2, 0) is 11.3 Å². The van der Waals surface area contributed by atoms with Gasteiger partial charge in [0.1, 0.15) is 17.9 Å². The number of carbonyl (C=O) groups excluding carboxylic acids is 1. The van der Waals surface area contributed by atoms with Gasteiger partial charge in [-0.25, -0.2) is 4.79 Å². The number of rotatable bonds is 4. The van der Waals surface area contributed by atoms with Crippen molar-refractivity contribution in [2.45, 2.75) is 19.5 Å². The monoisotopic (exact) mass is 363 g/mol. The quantitative estimate of drug-likeness (QED) is 0.581. The van der Waals surface area contributed by atoms with Gasteiger partial charge in [-0.2, -0.15) is 0 Å². The maximum Gasteiger partial charge on any atom is 0.329 e. The SMILES string of the molecule is C[C@H](NC(=O)Cn1c(=O)[nH]c(=O)c2ccccc21)c1cc2ccccc2o1. The summed E-state index contributed by atoms with van der Waals surface area (Å²) in [5, 5.41) is 4.14. The van der Waals surface area contributed by atoms with Gasteiger partial charge in [0.2, 0.25) is 5.91 Å². The van der Waals surface area contributed by atoms with Crippen molar-refractivity contribution in [1.82, 2.24) is 14.9 Å². The van der Waals surface area contributed by atoms with E-state index in [1.807, 2.05) is 37.3 Å². The largest absolute Gasteiger partial charge is 0.459 e. The topological polar surface area (TPSA) is 97.1 Å².